The molecule has 0 spiro atoms. The number of nitrogens with two attached hydrogens (primary N) is 1. The molecule has 1 saturated heterocycles. The van der Waals surface area contributed by atoms with Crippen molar-refractivity contribution in [2.45, 2.75) is 20.4 Å². The molecule has 0 aromatic carbocycles. The number of piperazine rings is 1. The molecule has 33 heavy (non-hydrogen) atoms. The molecule has 1 fully saturated rings. The Morgan fingerprint density at radius 2 is 1.82 bits per heavy atom. The van der Waals surface area contributed by atoms with Crippen LogP contribution < -0.4 is 21.9 Å². The van der Waals surface area contributed by atoms with Gasteiger partial charge in [0.2, 0.25) is 0 Å². The largest absolute Gasteiger partial charge is 0.384 e. The molecule has 4 rings (SSSR count). The molecule has 4 heterocycles. The number of Topliss-reactive ketones (excluding diaryl/α,β-unsaturated/α-hetero) is 1. The van der Waals surface area contributed by atoms with E-state index in [0.29, 0.717) is 32.7 Å². The number of hydrogen-bond donors (Lipinski definition) is 1. The highest BCUT2D eigenvalue weighted by Crippen LogP contribution is 2.23. The third-order valence-corrected chi connectivity index (χ3v) is 5.96. The van der Waals surface area contributed by atoms with Crippen LogP contribution in [-0.4, -0.2) is 72.3 Å². The first-order chi connectivity index (χ1) is 15.7. The number of nitrogen functional groups attached to an aromatic ring is 1. The van der Waals surface area contributed by atoms with Crippen molar-refractivity contribution < 1.29 is 4.79 Å². The monoisotopic (exact) mass is 455 g/mol. The number of carbonyl (C=O) groups excluding carboxylic acids is 1. The lowest BCUT2D eigenvalue weighted by Crippen LogP contribution is -2.49. The van der Waals surface area contributed by atoms with Gasteiger partial charge in [0.05, 0.1) is 18.1 Å². The van der Waals surface area contributed by atoms with E-state index in [0.717, 1.165) is 21.4 Å². The Hall–Kier alpha value is -3.54. The minimum Gasteiger partial charge on any atom is -0.384 e. The van der Waals surface area contributed by atoms with Crippen LogP contribution in [0.25, 0.3) is 11.0 Å². The Morgan fingerprint density at radius 1 is 1.12 bits per heavy atom. The Bertz CT molecular complexity index is 1310. The van der Waals surface area contributed by atoms with E-state index in [-0.39, 0.29) is 29.6 Å². The standard InChI is InChI=1S/C21H29N9O3/c1-13(2)10-30-17(22)16(20(32)26(3)21(30)33)15(31)11-28-5-7-29(8-6-28)19-14-9-25-27(4)18(14)23-12-24-19/h9,12-13H,5-8,10-11,22H2,1-4H3. The van der Waals surface area contributed by atoms with Crippen LogP contribution in [0.5, 0.6) is 0 Å². The van der Waals surface area contributed by atoms with Gasteiger partial charge >= 0.3 is 5.69 Å². The smallest absolute Gasteiger partial charge is 0.332 e. The predicted octanol–water partition coefficient (Wildman–Crippen LogP) is -0.533. The van der Waals surface area contributed by atoms with Gasteiger partial charge in [-0.05, 0) is 5.92 Å². The first-order valence-corrected chi connectivity index (χ1v) is 10.9. The molecule has 12 nitrogen and oxygen atoms in total. The van der Waals surface area contributed by atoms with Gasteiger partial charge in [0.15, 0.2) is 11.4 Å². The van der Waals surface area contributed by atoms with Crippen molar-refractivity contribution in [1.29, 1.82) is 0 Å². The zero-order valence-electron chi connectivity index (χ0n) is 19.4. The first-order valence-electron chi connectivity index (χ1n) is 10.9. The minimum atomic E-state index is -0.652. The Morgan fingerprint density at radius 3 is 2.48 bits per heavy atom. The van der Waals surface area contributed by atoms with Crippen LogP contribution in [0.4, 0.5) is 11.6 Å². The van der Waals surface area contributed by atoms with Gasteiger partial charge in [-0.25, -0.2) is 14.8 Å². The zero-order valence-corrected chi connectivity index (χ0v) is 19.4. The second kappa shape index (κ2) is 8.77. The number of aromatic nitrogens is 6. The van der Waals surface area contributed by atoms with E-state index in [1.165, 1.54) is 17.9 Å². The maximum absolute atomic E-state index is 13.1. The molecular formula is C21H29N9O3. The van der Waals surface area contributed by atoms with Crippen LogP contribution in [0.1, 0.15) is 24.2 Å². The van der Waals surface area contributed by atoms with E-state index in [9.17, 15) is 14.4 Å². The maximum atomic E-state index is 13.1. The van der Waals surface area contributed by atoms with Gasteiger partial charge in [-0.15, -0.1) is 0 Å². The van der Waals surface area contributed by atoms with Crippen LogP contribution in [0.15, 0.2) is 22.1 Å². The average Bonchev–Trinajstić information content (AvgIpc) is 3.17. The summed E-state index contributed by atoms with van der Waals surface area (Å²) in [5, 5.41) is 5.14. The lowest BCUT2D eigenvalue weighted by molar-refractivity contribution is 0.0924. The van der Waals surface area contributed by atoms with E-state index in [1.54, 1.807) is 10.9 Å². The number of aryl methyl sites for hydroxylation is 1. The van der Waals surface area contributed by atoms with Crippen molar-refractivity contribution in [3.05, 3.63) is 38.9 Å². The van der Waals surface area contributed by atoms with Gasteiger partial charge in [0.25, 0.3) is 5.56 Å². The fourth-order valence-corrected chi connectivity index (χ4v) is 4.19. The number of hydrogen-bond acceptors (Lipinski definition) is 9. The molecule has 0 aliphatic carbocycles. The summed E-state index contributed by atoms with van der Waals surface area (Å²) in [5.74, 6) is 0.515. The number of rotatable bonds is 6. The maximum Gasteiger partial charge on any atom is 0.332 e. The molecule has 176 valence electrons. The summed E-state index contributed by atoms with van der Waals surface area (Å²) in [6.07, 6.45) is 3.28. The highest BCUT2D eigenvalue weighted by molar-refractivity contribution is 6.01. The molecule has 3 aromatic rings. The highest BCUT2D eigenvalue weighted by Gasteiger charge is 2.26. The number of anilines is 2. The Kier molecular flexibility index (Phi) is 6.02. The van der Waals surface area contributed by atoms with Crippen molar-refractivity contribution in [3.8, 4) is 0 Å². The summed E-state index contributed by atoms with van der Waals surface area (Å²) >= 11 is 0. The molecule has 0 amide bonds. The lowest BCUT2D eigenvalue weighted by atomic mass is 10.1. The third kappa shape index (κ3) is 4.13. The molecule has 0 bridgehead atoms. The fraction of sp³-hybridized carbons (Fsp3) is 0.524. The first kappa shape index (κ1) is 22.6. The summed E-state index contributed by atoms with van der Waals surface area (Å²) in [5.41, 5.74) is 5.62. The molecule has 1 aliphatic heterocycles. The van der Waals surface area contributed by atoms with Gasteiger partial charge < -0.3 is 10.6 Å². The summed E-state index contributed by atoms with van der Waals surface area (Å²) in [4.78, 5) is 51.1. The van der Waals surface area contributed by atoms with Gasteiger partial charge in [-0.2, -0.15) is 5.10 Å². The van der Waals surface area contributed by atoms with Crippen molar-refractivity contribution >= 4 is 28.5 Å². The molecule has 0 atom stereocenters. The molecule has 12 heteroatoms. The van der Waals surface area contributed by atoms with E-state index in [1.807, 2.05) is 25.8 Å². The second-order valence-corrected chi connectivity index (χ2v) is 8.80. The number of ketones is 1. The van der Waals surface area contributed by atoms with Crippen LogP contribution in [0.3, 0.4) is 0 Å². The van der Waals surface area contributed by atoms with Crippen molar-refractivity contribution in [2.75, 3.05) is 43.4 Å². The van der Waals surface area contributed by atoms with E-state index in [2.05, 4.69) is 20.0 Å². The Labute approximate surface area is 190 Å². The molecular weight excluding hydrogens is 426 g/mol. The van der Waals surface area contributed by atoms with Gasteiger partial charge in [-0.1, -0.05) is 13.8 Å². The minimum absolute atomic E-state index is 0.0548. The van der Waals surface area contributed by atoms with Crippen LogP contribution in [0, 0.1) is 5.92 Å². The molecule has 3 aromatic heterocycles. The number of nitrogens with zero attached hydrogens (tertiary/aromatic N) is 8. The van der Waals surface area contributed by atoms with E-state index >= 15 is 0 Å². The SMILES string of the molecule is CC(C)Cn1c(N)c(C(=O)CN2CCN(c3ncnc4c3cnn4C)CC2)c(=O)n(C)c1=O. The lowest BCUT2D eigenvalue weighted by Gasteiger charge is -2.35. The number of fused-ring (bicyclic) bond motifs is 1. The van der Waals surface area contributed by atoms with Crippen LogP contribution >= 0.6 is 0 Å². The van der Waals surface area contributed by atoms with Crippen LogP contribution in [0.2, 0.25) is 0 Å². The molecule has 1 aliphatic rings. The summed E-state index contributed by atoms with van der Waals surface area (Å²) in [6.45, 7) is 6.82. The highest BCUT2D eigenvalue weighted by atomic mass is 16.2. The van der Waals surface area contributed by atoms with E-state index in [4.69, 9.17) is 5.73 Å². The second-order valence-electron chi connectivity index (χ2n) is 8.80. The van der Waals surface area contributed by atoms with Crippen LogP contribution in [-0.2, 0) is 20.6 Å². The summed E-state index contributed by atoms with van der Waals surface area (Å²) in [7, 11) is 3.21. The van der Waals surface area contributed by atoms with Gasteiger partial charge in [-0.3, -0.25) is 28.3 Å². The van der Waals surface area contributed by atoms with Crippen molar-refractivity contribution in [1.82, 2.24) is 33.8 Å². The topological polar surface area (TPSA) is 137 Å². The van der Waals surface area contributed by atoms with Gasteiger partial charge in [0, 0.05) is 46.8 Å². The molecule has 2 N–H and O–H groups in total. The summed E-state index contributed by atoms with van der Waals surface area (Å²) < 4.78 is 3.97. The van der Waals surface area contributed by atoms with Crippen molar-refractivity contribution in [3.63, 3.8) is 0 Å². The zero-order chi connectivity index (χ0) is 23.9. The van der Waals surface area contributed by atoms with Gasteiger partial charge in [0.1, 0.15) is 23.5 Å². The average molecular weight is 456 g/mol. The normalized spacial score (nSPS) is 15.0. The summed E-state index contributed by atoms with van der Waals surface area (Å²) in [6, 6.07) is 0. The number of carbonyl (C=O) groups is 1. The quantitative estimate of drug-likeness (QED) is 0.486. The molecule has 0 unspecified atom stereocenters. The fourth-order valence-electron chi connectivity index (χ4n) is 4.19. The molecule has 0 saturated carbocycles. The van der Waals surface area contributed by atoms with Crippen molar-refractivity contribution in [2.24, 2.45) is 20.0 Å². The Balaban J connectivity index is 1.50. The third-order valence-electron chi connectivity index (χ3n) is 5.96. The predicted molar refractivity (Wildman–Crippen MR) is 124 cm³/mol. The van der Waals surface area contributed by atoms with E-state index < -0.39 is 11.2 Å². The molecule has 0 radical (unpaired) electrons.